The van der Waals surface area contributed by atoms with Gasteiger partial charge in [0.2, 0.25) is 0 Å². The largest absolute Gasteiger partial charge is 0.391 e. The number of nitro benzene ring substituents is 1. The molecule has 2 aromatic carbocycles. The van der Waals surface area contributed by atoms with Crippen LogP contribution in [0.3, 0.4) is 0 Å². The van der Waals surface area contributed by atoms with Gasteiger partial charge < -0.3 is 9.40 Å². The number of para-hydroxylation sites is 1. The van der Waals surface area contributed by atoms with Gasteiger partial charge in [-0.3, -0.25) is 10.1 Å². The summed E-state index contributed by atoms with van der Waals surface area (Å²) in [4.78, 5) is 15.6. The lowest BCUT2D eigenvalue weighted by Gasteiger charge is -1.99. The van der Waals surface area contributed by atoms with Crippen molar-refractivity contribution < 1.29 is 9.76 Å². The van der Waals surface area contributed by atoms with Crippen molar-refractivity contribution in [2.45, 2.75) is 20.1 Å². The SMILES string of the molecule is CCn1cc(/C=N\OCc2cccc([N+](=O)[O-])c2)c2ccccc21. The summed E-state index contributed by atoms with van der Waals surface area (Å²) in [5.41, 5.74) is 2.88. The molecule has 0 aliphatic carbocycles. The van der Waals surface area contributed by atoms with Gasteiger partial charge in [0.1, 0.15) is 6.61 Å². The van der Waals surface area contributed by atoms with Gasteiger partial charge in [0.15, 0.2) is 0 Å². The van der Waals surface area contributed by atoms with E-state index in [2.05, 4.69) is 22.7 Å². The van der Waals surface area contributed by atoms with Crippen LogP contribution in [0.15, 0.2) is 59.9 Å². The topological polar surface area (TPSA) is 69.7 Å². The third-order valence-electron chi connectivity index (χ3n) is 3.78. The molecule has 0 spiro atoms. The van der Waals surface area contributed by atoms with Gasteiger partial charge in [0.25, 0.3) is 5.69 Å². The third kappa shape index (κ3) is 3.27. The van der Waals surface area contributed by atoms with E-state index in [4.69, 9.17) is 4.84 Å². The Labute approximate surface area is 139 Å². The lowest BCUT2D eigenvalue weighted by molar-refractivity contribution is -0.384. The number of aromatic nitrogens is 1. The quantitative estimate of drug-likeness (QED) is 0.389. The van der Waals surface area contributed by atoms with E-state index in [1.807, 2.05) is 24.4 Å². The molecule has 0 amide bonds. The molecule has 3 rings (SSSR count). The molecule has 0 N–H and O–H groups in total. The molecule has 6 nitrogen and oxygen atoms in total. The number of nitrogens with zero attached hydrogens (tertiary/aromatic N) is 3. The van der Waals surface area contributed by atoms with E-state index in [1.54, 1.807) is 18.3 Å². The molecule has 6 heteroatoms. The average molecular weight is 323 g/mol. The smallest absolute Gasteiger partial charge is 0.269 e. The Morgan fingerprint density at radius 2 is 2.08 bits per heavy atom. The zero-order valence-electron chi connectivity index (χ0n) is 13.3. The van der Waals surface area contributed by atoms with Gasteiger partial charge in [-0.2, -0.15) is 0 Å². The molecule has 3 aromatic rings. The molecule has 0 saturated heterocycles. The first-order valence-corrected chi connectivity index (χ1v) is 7.65. The molecule has 0 aliphatic rings. The standard InChI is InChI=1S/C18H17N3O3/c1-2-20-12-15(17-8-3-4-9-18(17)20)11-19-24-13-14-6-5-7-16(10-14)21(22)23/h3-12H,2,13H2,1H3/b19-11-. The van der Waals surface area contributed by atoms with Crippen LogP contribution in [0.1, 0.15) is 18.1 Å². The van der Waals surface area contributed by atoms with Crippen molar-refractivity contribution in [1.82, 2.24) is 4.57 Å². The van der Waals surface area contributed by atoms with Crippen molar-refractivity contribution in [3.05, 3.63) is 76.0 Å². The summed E-state index contributed by atoms with van der Waals surface area (Å²) in [6, 6.07) is 14.5. The van der Waals surface area contributed by atoms with E-state index in [0.717, 1.165) is 23.0 Å². The number of nitro groups is 1. The Balaban J connectivity index is 1.71. The highest BCUT2D eigenvalue weighted by atomic mass is 16.6. The fourth-order valence-corrected chi connectivity index (χ4v) is 2.61. The first kappa shape index (κ1) is 15.7. The van der Waals surface area contributed by atoms with Crippen LogP contribution in [-0.2, 0) is 18.0 Å². The number of benzene rings is 2. The fraction of sp³-hybridized carbons (Fsp3) is 0.167. The summed E-state index contributed by atoms with van der Waals surface area (Å²) >= 11 is 0. The van der Waals surface area contributed by atoms with Crippen molar-refractivity contribution >= 4 is 22.8 Å². The van der Waals surface area contributed by atoms with Crippen molar-refractivity contribution in [3.8, 4) is 0 Å². The molecule has 0 radical (unpaired) electrons. The van der Waals surface area contributed by atoms with E-state index in [9.17, 15) is 10.1 Å². The number of oxime groups is 1. The maximum atomic E-state index is 10.8. The predicted octanol–water partition coefficient (Wildman–Crippen LogP) is 4.12. The van der Waals surface area contributed by atoms with Crippen molar-refractivity contribution in [3.63, 3.8) is 0 Å². The molecule has 0 atom stereocenters. The molecular weight excluding hydrogens is 306 g/mol. The summed E-state index contributed by atoms with van der Waals surface area (Å²) in [5.74, 6) is 0. The van der Waals surface area contributed by atoms with Gasteiger partial charge in [0, 0.05) is 41.3 Å². The van der Waals surface area contributed by atoms with Gasteiger partial charge >= 0.3 is 0 Å². The van der Waals surface area contributed by atoms with Gasteiger partial charge in [-0.1, -0.05) is 35.5 Å². The Kier molecular flexibility index (Phi) is 4.56. The summed E-state index contributed by atoms with van der Waals surface area (Å²) in [7, 11) is 0. The zero-order valence-corrected chi connectivity index (χ0v) is 13.3. The van der Waals surface area contributed by atoms with Crippen LogP contribution in [0.25, 0.3) is 10.9 Å². The second-order valence-electron chi connectivity index (χ2n) is 5.32. The highest BCUT2D eigenvalue weighted by Crippen LogP contribution is 2.20. The summed E-state index contributed by atoms with van der Waals surface area (Å²) in [6.07, 6.45) is 3.71. The van der Waals surface area contributed by atoms with Crippen LogP contribution in [0.4, 0.5) is 5.69 Å². The molecule has 0 fully saturated rings. The number of hydrogen-bond donors (Lipinski definition) is 0. The molecule has 24 heavy (non-hydrogen) atoms. The van der Waals surface area contributed by atoms with E-state index in [0.29, 0.717) is 5.56 Å². The predicted molar refractivity (Wildman–Crippen MR) is 93.1 cm³/mol. The third-order valence-corrected chi connectivity index (χ3v) is 3.78. The summed E-state index contributed by atoms with van der Waals surface area (Å²) in [5, 5.41) is 15.9. The molecule has 0 aliphatic heterocycles. The van der Waals surface area contributed by atoms with Crippen LogP contribution in [0, 0.1) is 10.1 Å². The maximum Gasteiger partial charge on any atom is 0.269 e. The Morgan fingerprint density at radius 1 is 1.25 bits per heavy atom. The second-order valence-corrected chi connectivity index (χ2v) is 5.32. The van der Waals surface area contributed by atoms with E-state index in [-0.39, 0.29) is 12.3 Å². The molecule has 122 valence electrons. The van der Waals surface area contributed by atoms with Crippen LogP contribution < -0.4 is 0 Å². The molecule has 0 saturated carbocycles. The first-order chi connectivity index (χ1) is 11.7. The number of non-ortho nitro benzene ring substituents is 1. The highest BCUT2D eigenvalue weighted by molar-refractivity contribution is 5.99. The molecule has 1 aromatic heterocycles. The molecule has 1 heterocycles. The van der Waals surface area contributed by atoms with Crippen LogP contribution in [0.5, 0.6) is 0 Å². The van der Waals surface area contributed by atoms with E-state index >= 15 is 0 Å². The fourth-order valence-electron chi connectivity index (χ4n) is 2.61. The molecule has 0 bridgehead atoms. The Hall–Kier alpha value is -3.15. The first-order valence-electron chi connectivity index (χ1n) is 7.65. The van der Waals surface area contributed by atoms with E-state index < -0.39 is 4.92 Å². The summed E-state index contributed by atoms with van der Waals surface area (Å²) in [6.45, 7) is 3.15. The average Bonchev–Trinajstić information content (AvgIpc) is 2.97. The van der Waals surface area contributed by atoms with Gasteiger partial charge in [-0.15, -0.1) is 0 Å². The highest BCUT2D eigenvalue weighted by Gasteiger charge is 2.06. The van der Waals surface area contributed by atoms with Crippen molar-refractivity contribution in [2.24, 2.45) is 5.16 Å². The minimum atomic E-state index is -0.424. The summed E-state index contributed by atoms with van der Waals surface area (Å²) < 4.78 is 2.15. The van der Waals surface area contributed by atoms with Gasteiger partial charge in [-0.25, -0.2) is 0 Å². The van der Waals surface area contributed by atoms with Crippen LogP contribution >= 0.6 is 0 Å². The molecular formula is C18H17N3O3. The molecule has 0 unspecified atom stereocenters. The number of aryl methyl sites for hydroxylation is 1. The zero-order chi connectivity index (χ0) is 16.9. The van der Waals surface area contributed by atoms with Gasteiger partial charge in [-0.05, 0) is 18.6 Å². The normalized spacial score (nSPS) is 11.2. The number of fused-ring (bicyclic) bond motifs is 1. The number of hydrogen-bond acceptors (Lipinski definition) is 4. The minimum absolute atomic E-state index is 0.0473. The Morgan fingerprint density at radius 3 is 2.88 bits per heavy atom. The number of rotatable bonds is 6. The lowest BCUT2D eigenvalue weighted by atomic mass is 10.2. The second kappa shape index (κ2) is 6.95. The lowest BCUT2D eigenvalue weighted by Crippen LogP contribution is -1.92. The van der Waals surface area contributed by atoms with E-state index in [1.165, 1.54) is 12.1 Å². The van der Waals surface area contributed by atoms with Crippen molar-refractivity contribution in [2.75, 3.05) is 0 Å². The minimum Gasteiger partial charge on any atom is -0.391 e. The van der Waals surface area contributed by atoms with Crippen molar-refractivity contribution in [1.29, 1.82) is 0 Å². The monoisotopic (exact) mass is 323 g/mol. The van der Waals surface area contributed by atoms with Crippen LogP contribution in [0.2, 0.25) is 0 Å². The van der Waals surface area contributed by atoms with Gasteiger partial charge in [0.05, 0.1) is 11.1 Å². The van der Waals surface area contributed by atoms with Crippen LogP contribution in [-0.4, -0.2) is 15.7 Å². The maximum absolute atomic E-state index is 10.8. The Bertz CT molecular complexity index is 899.